The third kappa shape index (κ3) is 4.17. The zero-order chi connectivity index (χ0) is 13.9. The van der Waals surface area contributed by atoms with E-state index in [2.05, 4.69) is 26.8 Å². The molecule has 1 aromatic rings. The highest BCUT2D eigenvalue weighted by Gasteiger charge is 2.20. The molecule has 2 heteroatoms. The SMILES string of the molecule is CC(C)(C)c1ccc(C(=O)CCC2CCCCC2)s1. The Hall–Kier alpha value is -0.630. The second-order valence-electron chi connectivity index (χ2n) is 6.88. The molecule has 0 saturated heterocycles. The molecule has 0 spiro atoms. The van der Waals surface area contributed by atoms with Gasteiger partial charge < -0.3 is 0 Å². The van der Waals surface area contributed by atoms with E-state index in [-0.39, 0.29) is 5.41 Å². The fourth-order valence-electron chi connectivity index (χ4n) is 2.83. The van der Waals surface area contributed by atoms with Crippen molar-refractivity contribution in [2.24, 2.45) is 5.92 Å². The van der Waals surface area contributed by atoms with E-state index < -0.39 is 0 Å². The lowest BCUT2D eigenvalue weighted by molar-refractivity contribution is 0.0974. The highest BCUT2D eigenvalue weighted by Crippen LogP contribution is 2.31. The summed E-state index contributed by atoms with van der Waals surface area (Å²) in [6, 6.07) is 4.15. The van der Waals surface area contributed by atoms with Gasteiger partial charge in [0.25, 0.3) is 0 Å². The third-order valence-electron chi connectivity index (χ3n) is 4.12. The van der Waals surface area contributed by atoms with Gasteiger partial charge in [-0.3, -0.25) is 4.79 Å². The van der Waals surface area contributed by atoms with Gasteiger partial charge in [-0.2, -0.15) is 0 Å². The number of thiophene rings is 1. The molecule has 1 aromatic heterocycles. The molecule has 0 radical (unpaired) electrons. The zero-order valence-corrected chi connectivity index (χ0v) is 13.3. The van der Waals surface area contributed by atoms with Crippen molar-refractivity contribution in [3.8, 4) is 0 Å². The van der Waals surface area contributed by atoms with Crippen molar-refractivity contribution in [3.05, 3.63) is 21.9 Å². The quantitative estimate of drug-likeness (QED) is 0.656. The summed E-state index contributed by atoms with van der Waals surface area (Å²) in [5.74, 6) is 1.16. The van der Waals surface area contributed by atoms with Gasteiger partial charge in [-0.25, -0.2) is 0 Å². The van der Waals surface area contributed by atoms with Gasteiger partial charge in [0.05, 0.1) is 4.88 Å². The molecule has 2 rings (SSSR count). The van der Waals surface area contributed by atoms with Crippen LogP contribution in [0.1, 0.15) is 80.3 Å². The van der Waals surface area contributed by atoms with Crippen LogP contribution in [0, 0.1) is 5.92 Å². The molecule has 0 unspecified atom stereocenters. The van der Waals surface area contributed by atoms with Gasteiger partial charge in [-0.1, -0.05) is 52.9 Å². The maximum absolute atomic E-state index is 12.2. The van der Waals surface area contributed by atoms with E-state index in [9.17, 15) is 4.79 Å². The largest absolute Gasteiger partial charge is 0.293 e. The maximum atomic E-state index is 12.2. The molecule has 1 nitrogen and oxygen atoms in total. The molecule has 0 aliphatic heterocycles. The van der Waals surface area contributed by atoms with E-state index in [1.807, 2.05) is 6.07 Å². The first-order valence-corrected chi connectivity index (χ1v) is 8.42. The molecule has 0 N–H and O–H groups in total. The highest BCUT2D eigenvalue weighted by molar-refractivity contribution is 7.14. The molecule has 1 fully saturated rings. The Morgan fingerprint density at radius 2 is 1.89 bits per heavy atom. The molecule has 0 aromatic carbocycles. The number of Topliss-reactive ketones (excluding diaryl/α,β-unsaturated/α-hetero) is 1. The fraction of sp³-hybridized carbons (Fsp3) is 0.706. The van der Waals surface area contributed by atoms with Gasteiger partial charge in [-0.15, -0.1) is 11.3 Å². The monoisotopic (exact) mass is 278 g/mol. The van der Waals surface area contributed by atoms with Gasteiger partial charge in [0.2, 0.25) is 0 Å². The van der Waals surface area contributed by atoms with Gasteiger partial charge in [0.15, 0.2) is 5.78 Å². The van der Waals surface area contributed by atoms with Crippen LogP contribution >= 0.6 is 11.3 Å². The lowest BCUT2D eigenvalue weighted by Crippen LogP contribution is -2.09. The van der Waals surface area contributed by atoms with Gasteiger partial charge in [0.1, 0.15) is 0 Å². The number of hydrogen-bond donors (Lipinski definition) is 0. The van der Waals surface area contributed by atoms with E-state index in [1.54, 1.807) is 11.3 Å². The van der Waals surface area contributed by atoms with E-state index in [0.29, 0.717) is 5.78 Å². The molecule has 1 aliphatic carbocycles. The summed E-state index contributed by atoms with van der Waals surface area (Å²) in [4.78, 5) is 14.5. The summed E-state index contributed by atoms with van der Waals surface area (Å²) in [5.41, 5.74) is 0.159. The number of carbonyl (C=O) groups is 1. The van der Waals surface area contributed by atoms with E-state index in [0.717, 1.165) is 23.6 Å². The first-order chi connectivity index (χ1) is 8.97. The standard InChI is InChI=1S/C17H26OS/c1-17(2,3)16-12-11-15(19-16)14(18)10-9-13-7-5-4-6-8-13/h11-13H,4-10H2,1-3H3. The molecular formula is C17H26OS. The number of ketones is 1. The van der Waals surface area contributed by atoms with Crippen molar-refractivity contribution in [2.45, 2.75) is 71.1 Å². The van der Waals surface area contributed by atoms with Crippen LogP contribution in [0.15, 0.2) is 12.1 Å². The van der Waals surface area contributed by atoms with Gasteiger partial charge in [-0.05, 0) is 29.9 Å². The maximum Gasteiger partial charge on any atom is 0.172 e. The van der Waals surface area contributed by atoms with Crippen LogP contribution in [0.3, 0.4) is 0 Å². The molecular weight excluding hydrogens is 252 g/mol. The van der Waals surface area contributed by atoms with E-state index >= 15 is 0 Å². The predicted octanol–water partition coefficient (Wildman–Crippen LogP) is 5.59. The minimum atomic E-state index is 0.159. The average Bonchev–Trinajstić information content (AvgIpc) is 2.87. The van der Waals surface area contributed by atoms with Crippen LogP contribution in [-0.2, 0) is 5.41 Å². The normalized spacial score (nSPS) is 17.6. The minimum absolute atomic E-state index is 0.159. The summed E-state index contributed by atoms with van der Waals surface area (Å²) in [6.07, 6.45) is 8.65. The molecule has 1 aliphatic rings. The van der Waals surface area contributed by atoms with Crippen LogP contribution in [-0.4, -0.2) is 5.78 Å². The van der Waals surface area contributed by atoms with E-state index in [1.165, 1.54) is 37.0 Å². The third-order valence-corrected chi connectivity index (χ3v) is 5.68. The second-order valence-corrected chi connectivity index (χ2v) is 7.96. The Labute approximate surface area is 121 Å². The second kappa shape index (κ2) is 6.21. The fourth-order valence-corrected chi connectivity index (χ4v) is 3.86. The molecule has 0 amide bonds. The van der Waals surface area contributed by atoms with Crippen LogP contribution < -0.4 is 0 Å². The number of rotatable bonds is 4. The highest BCUT2D eigenvalue weighted by atomic mass is 32.1. The minimum Gasteiger partial charge on any atom is -0.293 e. The van der Waals surface area contributed by atoms with Crippen LogP contribution in [0.4, 0.5) is 0 Å². The molecule has 1 heterocycles. The topological polar surface area (TPSA) is 17.1 Å². The average molecular weight is 278 g/mol. The van der Waals surface area contributed by atoms with Crippen molar-refractivity contribution >= 4 is 17.1 Å². The van der Waals surface area contributed by atoms with Crippen molar-refractivity contribution in [1.29, 1.82) is 0 Å². The Morgan fingerprint density at radius 3 is 2.47 bits per heavy atom. The van der Waals surface area contributed by atoms with Crippen molar-refractivity contribution in [3.63, 3.8) is 0 Å². The summed E-state index contributed by atoms with van der Waals surface area (Å²) >= 11 is 1.68. The van der Waals surface area contributed by atoms with Gasteiger partial charge in [0, 0.05) is 11.3 Å². The van der Waals surface area contributed by atoms with Crippen molar-refractivity contribution in [1.82, 2.24) is 0 Å². The molecule has 106 valence electrons. The summed E-state index contributed by atoms with van der Waals surface area (Å²) in [5, 5.41) is 0. The smallest absolute Gasteiger partial charge is 0.172 e. The first-order valence-electron chi connectivity index (χ1n) is 7.60. The Kier molecular flexibility index (Phi) is 4.83. The first kappa shape index (κ1) is 14.8. The van der Waals surface area contributed by atoms with Crippen LogP contribution in [0.25, 0.3) is 0 Å². The molecule has 1 saturated carbocycles. The zero-order valence-electron chi connectivity index (χ0n) is 12.5. The lowest BCUT2D eigenvalue weighted by atomic mass is 9.85. The van der Waals surface area contributed by atoms with Crippen molar-refractivity contribution < 1.29 is 4.79 Å². The summed E-state index contributed by atoms with van der Waals surface area (Å²) in [7, 11) is 0. The summed E-state index contributed by atoms with van der Waals surface area (Å²) in [6.45, 7) is 6.61. The van der Waals surface area contributed by atoms with Gasteiger partial charge >= 0.3 is 0 Å². The molecule has 0 atom stereocenters. The number of hydrogen-bond acceptors (Lipinski definition) is 2. The molecule has 0 bridgehead atoms. The van der Waals surface area contributed by atoms with Crippen LogP contribution in [0.5, 0.6) is 0 Å². The summed E-state index contributed by atoms with van der Waals surface area (Å²) < 4.78 is 0. The Balaban J connectivity index is 1.87. The van der Waals surface area contributed by atoms with Crippen molar-refractivity contribution in [2.75, 3.05) is 0 Å². The van der Waals surface area contributed by atoms with E-state index in [4.69, 9.17) is 0 Å². The predicted molar refractivity (Wildman–Crippen MR) is 83.2 cm³/mol. The number of carbonyl (C=O) groups excluding carboxylic acids is 1. The Morgan fingerprint density at radius 1 is 1.21 bits per heavy atom. The Bertz CT molecular complexity index is 419. The molecule has 19 heavy (non-hydrogen) atoms. The van der Waals surface area contributed by atoms with Crippen LogP contribution in [0.2, 0.25) is 0 Å². The lowest BCUT2D eigenvalue weighted by Gasteiger charge is -2.20.